The third-order valence-corrected chi connectivity index (χ3v) is 8.35. The lowest BCUT2D eigenvalue weighted by Crippen LogP contribution is -2.51. The fourth-order valence-corrected chi connectivity index (χ4v) is 5.79. The summed E-state index contributed by atoms with van der Waals surface area (Å²) in [6.07, 6.45) is 0.351. The Balaban J connectivity index is 2.10. The molecule has 3 aromatic rings. The number of rotatable bonds is 11. The van der Waals surface area contributed by atoms with Crippen LogP contribution in [0.2, 0.25) is 0 Å². The van der Waals surface area contributed by atoms with E-state index in [1.807, 2.05) is 32.9 Å². The number of nitrogens with one attached hydrogen (secondary N) is 1. The number of amides is 2. The number of aryl methyl sites for hydroxylation is 1. The average molecular weight is 538 g/mol. The summed E-state index contributed by atoms with van der Waals surface area (Å²) in [6.45, 7) is 5.17. The molecule has 2 amide bonds. The first-order chi connectivity index (χ1) is 18.1. The van der Waals surface area contributed by atoms with E-state index in [1.165, 1.54) is 24.1 Å². The molecule has 1 atom stereocenters. The maximum atomic E-state index is 14.0. The van der Waals surface area contributed by atoms with Crippen LogP contribution in [0, 0.1) is 13.8 Å². The number of carbonyl (C=O) groups is 2. The van der Waals surface area contributed by atoms with Gasteiger partial charge < -0.3 is 15.0 Å². The summed E-state index contributed by atoms with van der Waals surface area (Å²) < 4.78 is 34.2. The molecule has 0 aromatic heterocycles. The van der Waals surface area contributed by atoms with Crippen molar-refractivity contribution in [2.24, 2.45) is 0 Å². The number of carbonyl (C=O) groups excluding carboxylic acids is 2. The van der Waals surface area contributed by atoms with Gasteiger partial charge in [0.1, 0.15) is 18.3 Å². The Morgan fingerprint density at radius 2 is 1.66 bits per heavy atom. The molecule has 0 saturated carbocycles. The summed E-state index contributed by atoms with van der Waals surface area (Å²) in [5.74, 6) is -0.205. The predicted octanol–water partition coefficient (Wildman–Crippen LogP) is 4.06. The Morgan fingerprint density at radius 3 is 2.29 bits per heavy atom. The Morgan fingerprint density at radius 1 is 0.974 bits per heavy atom. The van der Waals surface area contributed by atoms with Crippen molar-refractivity contribution in [1.29, 1.82) is 0 Å². The van der Waals surface area contributed by atoms with Crippen LogP contribution in [-0.4, -0.2) is 51.9 Å². The molecule has 0 fully saturated rings. The first-order valence-electron chi connectivity index (χ1n) is 12.4. The van der Waals surface area contributed by atoms with Crippen LogP contribution < -0.4 is 14.4 Å². The van der Waals surface area contributed by atoms with Crippen molar-refractivity contribution in [2.45, 2.75) is 44.7 Å². The van der Waals surface area contributed by atoms with Gasteiger partial charge in [0.2, 0.25) is 11.8 Å². The molecule has 1 N–H and O–H groups in total. The van der Waals surface area contributed by atoms with Crippen LogP contribution in [-0.2, 0) is 26.2 Å². The van der Waals surface area contributed by atoms with E-state index in [-0.39, 0.29) is 17.3 Å². The van der Waals surface area contributed by atoms with Gasteiger partial charge in [-0.05, 0) is 67.3 Å². The Kier molecular flexibility index (Phi) is 9.52. The van der Waals surface area contributed by atoms with E-state index in [2.05, 4.69) is 5.32 Å². The van der Waals surface area contributed by atoms with E-state index in [1.54, 1.807) is 55.6 Å². The van der Waals surface area contributed by atoms with Crippen molar-refractivity contribution in [3.8, 4) is 5.75 Å². The molecule has 0 aliphatic carbocycles. The van der Waals surface area contributed by atoms with Crippen molar-refractivity contribution in [3.05, 3.63) is 89.5 Å². The molecule has 0 aliphatic rings. The number of hydrogen-bond acceptors (Lipinski definition) is 5. The van der Waals surface area contributed by atoms with Gasteiger partial charge in [0.15, 0.2) is 0 Å². The highest BCUT2D eigenvalue weighted by atomic mass is 32.2. The molecule has 0 spiro atoms. The summed E-state index contributed by atoms with van der Waals surface area (Å²) in [7, 11) is -1.03. The van der Waals surface area contributed by atoms with Crippen LogP contribution in [0.1, 0.15) is 30.0 Å². The topological polar surface area (TPSA) is 96.0 Å². The molecule has 0 bridgehead atoms. The lowest BCUT2D eigenvalue weighted by Gasteiger charge is -2.33. The minimum Gasteiger partial charge on any atom is -0.497 e. The minimum atomic E-state index is -4.10. The average Bonchev–Trinajstić information content (AvgIpc) is 2.93. The number of anilines is 1. The highest BCUT2D eigenvalue weighted by Gasteiger charge is 2.34. The molecule has 3 aromatic carbocycles. The van der Waals surface area contributed by atoms with Crippen molar-refractivity contribution in [1.82, 2.24) is 10.2 Å². The zero-order valence-electron chi connectivity index (χ0n) is 22.5. The summed E-state index contributed by atoms with van der Waals surface area (Å²) in [5, 5.41) is 2.63. The summed E-state index contributed by atoms with van der Waals surface area (Å²) in [4.78, 5) is 28.3. The highest BCUT2D eigenvalue weighted by Crippen LogP contribution is 2.29. The van der Waals surface area contributed by atoms with Gasteiger partial charge >= 0.3 is 0 Å². The first-order valence-corrected chi connectivity index (χ1v) is 13.9. The second kappa shape index (κ2) is 12.6. The monoisotopic (exact) mass is 537 g/mol. The number of hydrogen-bond donors (Lipinski definition) is 1. The number of sulfonamides is 1. The van der Waals surface area contributed by atoms with Gasteiger partial charge in [0, 0.05) is 13.6 Å². The number of ether oxygens (including phenoxy) is 1. The predicted molar refractivity (Wildman–Crippen MR) is 149 cm³/mol. The van der Waals surface area contributed by atoms with Crippen molar-refractivity contribution < 1.29 is 22.7 Å². The second-order valence-corrected chi connectivity index (χ2v) is 10.8. The van der Waals surface area contributed by atoms with E-state index in [0.29, 0.717) is 17.9 Å². The summed E-state index contributed by atoms with van der Waals surface area (Å²) in [5.41, 5.74) is 2.81. The molecule has 0 radical (unpaired) electrons. The van der Waals surface area contributed by atoms with Crippen molar-refractivity contribution >= 4 is 27.5 Å². The third kappa shape index (κ3) is 6.34. The standard InChI is InChI=1S/C29H35N3O5S/c1-6-26(29(34)30-4)31(19-23-13-11-14-24(18-23)37-5)28(33)20-32(27-17-10-12-21(2)22(27)3)38(35,36)25-15-8-7-9-16-25/h7-18,26H,6,19-20H2,1-5H3,(H,30,34)/t26-/m1/s1. The van der Waals surface area contributed by atoms with Crippen LogP contribution in [0.5, 0.6) is 5.75 Å². The number of likely N-dealkylation sites (N-methyl/N-ethyl adjacent to an activating group) is 1. The molecule has 8 nitrogen and oxygen atoms in total. The second-order valence-electron chi connectivity index (χ2n) is 8.96. The first kappa shape index (κ1) is 28.7. The zero-order valence-corrected chi connectivity index (χ0v) is 23.3. The Hall–Kier alpha value is -3.85. The molecule has 202 valence electrons. The van der Waals surface area contributed by atoms with E-state index in [9.17, 15) is 18.0 Å². The maximum Gasteiger partial charge on any atom is 0.264 e. The fraction of sp³-hybridized carbons (Fsp3) is 0.310. The molecule has 38 heavy (non-hydrogen) atoms. The number of benzene rings is 3. The van der Waals surface area contributed by atoms with Gasteiger partial charge in [-0.2, -0.15) is 0 Å². The SMILES string of the molecule is CC[C@H](C(=O)NC)N(Cc1cccc(OC)c1)C(=O)CN(c1cccc(C)c1C)S(=O)(=O)c1ccccc1. The lowest BCUT2D eigenvalue weighted by atomic mass is 10.1. The zero-order chi connectivity index (χ0) is 27.9. The molecule has 0 heterocycles. The van der Waals surface area contributed by atoms with Gasteiger partial charge in [-0.1, -0.05) is 49.4 Å². The Labute approximate surface area is 225 Å². The number of methoxy groups -OCH3 is 1. The van der Waals surface area contributed by atoms with E-state index >= 15 is 0 Å². The minimum absolute atomic E-state index is 0.0754. The molecule has 3 rings (SSSR count). The third-order valence-electron chi connectivity index (χ3n) is 6.57. The lowest BCUT2D eigenvalue weighted by molar-refractivity contribution is -0.140. The van der Waals surface area contributed by atoms with Crippen LogP contribution in [0.15, 0.2) is 77.7 Å². The van der Waals surface area contributed by atoms with E-state index in [0.717, 1.165) is 21.0 Å². The quantitative estimate of drug-likeness (QED) is 0.398. The van der Waals surface area contributed by atoms with Crippen LogP contribution in [0.25, 0.3) is 0 Å². The molecular formula is C29H35N3O5S. The molecule has 0 saturated heterocycles. The van der Waals surface area contributed by atoms with Gasteiger partial charge in [-0.3, -0.25) is 13.9 Å². The summed E-state index contributed by atoms with van der Waals surface area (Å²) >= 11 is 0. The molecular weight excluding hydrogens is 502 g/mol. The smallest absolute Gasteiger partial charge is 0.264 e. The summed E-state index contributed by atoms with van der Waals surface area (Å²) in [6, 6.07) is 19.8. The van der Waals surface area contributed by atoms with Crippen LogP contribution >= 0.6 is 0 Å². The van der Waals surface area contributed by atoms with Gasteiger partial charge in [0.05, 0.1) is 17.7 Å². The Bertz CT molecular complexity index is 1380. The van der Waals surface area contributed by atoms with Crippen LogP contribution in [0.3, 0.4) is 0 Å². The van der Waals surface area contributed by atoms with E-state index < -0.39 is 28.5 Å². The molecule has 0 aliphatic heterocycles. The van der Waals surface area contributed by atoms with Crippen molar-refractivity contribution in [3.63, 3.8) is 0 Å². The van der Waals surface area contributed by atoms with Crippen molar-refractivity contribution in [2.75, 3.05) is 25.0 Å². The van der Waals surface area contributed by atoms with Gasteiger partial charge in [0.25, 0.3) is 10.0 Å². The molecule has 0 unspecified atom stereocenters. The van der Waals surface area contributed by atoms with Gasteiger partial charge in [-0.25, -0.2) is 8.42 Å². The van der Waals surface area contributed by atoms with E-state index in [4.69, 9.17) is 4.74 Å². The van der Waals surface area contributed by atoms with Crippen LogP contribution in [0.4, 0.5) is 5.69 Å². The largest absolute Gasteiger partial charge is 0.497 e. The maximum absolute atomic E-state index is 14.0. The number of nitrogens with zero attached hydrogens (tertiary/aromatic N) is 2. The highest BCUT2D eigenvalue weighted by molar-refractivity contribution is 7.92. The normalized spacial score (nSPS) is 11.9. The van der Waals surface area contributed by atoms with Gasteiger partial charge in [-0.15, -0.1) is 0 Å². The molecule has 9 heteroatoms. The fourth-order valence-electron chi connectivity index (χ4n) is 4.29.